The Labute approximate surface area is 130 Å². The number of carbonyl (C=O) groups is 1. The summed E-state index contributed by atoms with van der Waals surface area (Å²) in [7, 11) is 0. The van der Waals surface area contributed by atoms with E-state index in [2.05, 4.69) is 14.6 Å². The van der Waals surface area contributed by atoms with Crippen LogP contribution in [0.2, 0.25) is 0 Å². The number of likely N-dealkylation sites (tertiary alicyclic amines) is 1. The van der Waals surface area contributed by atoms with Crippen LogP contribution in [0.4, 0.5) is 0 Å². The van der Waals surface area contributed by atoms with E-state index in [-0.39, 0.29) is 5.91 Å². The number of carbonyl (C=O) groups excluding carboxylic acids is 1. The lowest BCUT2D eigenvalue weighted by atomic mass is 10.2. The molecule has 3 rings (SSSR count). The molecule has 0 radical (unpaired) electrons. The van der Waals surface area contributed by atoms with Crippen LogP contribution in [0.3, 0.4) is 0 Å². The van der Waals surface area contributed by atoms with Gasteiger partial charge in [-0.2, -0.15) is 5.10 Å². The first-order valence-electron chi connectivity index (χ1n) is 7.98. The largest absolute Gasteiger partial charge is 0.338 e. The molecule has 1 amide bonds. The van der Waals surface area contributed by atoms with Crippen molar-refractivity contribution in [3.05, 3.63) is 36.7 Å². The van der Waals surface area contributed by atoms with Gasteiger partial charge in [0.2, 0.25) is 5.91 Å². The van der Waals surface area contributed by atoms with Crippen molar-refractivity contribution < 1.29 is 4.79 Å². The zero-order chi connectivity index (χ0) is 15.4. The van der Waals surface area contributed by atoms with E-state index in [0.717, 1.165) is 44.7 Å². The third kappa shape index (κ3) is 3.37. The van der Waals surface area contributed by atoms with Crippen LogP contribution in [0.1, 0.15) is 31.5 Å². The summed E-state index contributed by atoms with van der Waals surface area (Å²) < 4.78 is 4.02. The number of hydrogen-bond acceptors (Lipinski definition) is 3. The molecule has 2 aromatic heterocycles. The molecule has 6 nitrogen and oxygen atoms in total. The number of aryl methyl sites for hydroxylation is 2. The minimum Gasteiger partial charge on any atom is -0.338 e. The molecule has 0 spiro atoms. The lowest BCUT2D eigenvalue weighted by Crippen LogP contribution is -2.38. The van der Waals surface area contributed by atoms with Gasteiger partial charge in [0.15, 0.2) is 0 Å². The molecule has 22 heavy (non-hydrogen) atoms. The van der Waals surface area contributed by atoms with Crippen molar-refractivity contribution in [3.8, 4) is 0 Å². The zero-order valence-corrected chi connectivity index (χ0v) is 13.1. The van der Waals surface area contributed by atoms with Crippen molar-refractivity contribution >= 4 is 5.91 Å². The van der Waals surface area contributed by atoms with E-state index in [1.165, 1.54) is 0 Å². The van der Waals surface area contributed by atoms with Crippen LogP contribution < -0.4 is 0 Å². The first-order valence-corrected chi connectivity index (χ1v) is 7.98. The SMILES string of the molecule is Cc1nccn1CCCC(=O)N1CCC[C@@H]1Cn1cccn1. The van der Waals surface area contributed by atoms with Gasteiger partial charge in [-0.15, -0.1) is 0 Å². The summed E-state index contributed by atoms with van der Waals surface area (Å²) in [5.41, 5.74) is 0. The third-order valence-corrected chi connectivity index (χ3v) is 4.37. The standard InChI is InChI=1S/C16H23N5O/c1-14-17-8-12-19(14)9-3-6-16(22)21-11-2-5-15(21)13-20-10-4-7-18-20/h4,7-8,10,12,15H,2-3,5-6,9,11,13H2,1H3/t15-/m1/s1. The van der Waals surface area contributed by atoms with Gasteiger partial charge < -0.3 is 9.47 Å². The van der Waals surface area contributed by atoms with Crippen molar-refractivity contribution in [1.82, 2.24) is 24.2 Å². The van der Waals surface area contributed by atoms with Crippen LogP contribution in [-0.4, -0.2) is 42.7 Å². The first-order chi connectivity index (χ1) is 10.7. The monoisotopic (exact) mass is 301 g/mol. The normalized spacial score (nSPS) is 18.0. The molecule has 2 aromatic rings. The van der Waals surface area contributed by atoms with Gasteiger partial charge in [-0.3, -0.25) is 9.48 Å². The molecule has 0 saturated carbocycles. The quantitative estimate of drug-likeness (QED) is 0.818. The maximum absolute atomic E-state index is 12.5. The molecule has 1 atom stereocenters. The van der Waals surface area contributed by atoms with Gasteiger partial charge in [-0.1, -0.05) is 0 Å². The summed E-state index contributed by atoms with van der Waals surface area (Å²) >= 11 is 0. The topological polar surface area (TPSA) is 56.0 Å². The fourth-order valence-corrected chi connectivity index (χ4v) is 3.16. The van der Waals surface area contributed by atoms with Gasteiger partial charge >= 0.3 is 0 Å². The summed E-state index contributed by atoms with van der Waals surface area (Å²) in [5, 5.41) is 4.25. The molecular formula is C16H23N5O. The summed E-state index contributed by atoms with van der Waals surface area (Å²) in [4.78, 5) is 18.7. The van der Waals surface area contributed by atoms with E-state index in [4.69, 9.17) is 0 Å². The minimum atomic E-state index is 0.271. The molecule has 0 bridgehead atoms. The minimum absolute atomic E-state index is 0.271. The molecule has 6 heteroatoms. The van der Waals surface area contributed by atoms with E-state index in [9.17, 15) is 4.79 Å². The lowest BCUT2D eigenvalue weighted by Gasteiger charge is -2.25. The summed E-state index contributed by atoms with van der Waals surface area (Å²) in [6.07, 6.45) is 11.2. The average molecular weight is 301 g/mol. The Bertz CT molecular complexity index is 604. The molecule has 1 fully saturated rings. The molecule has 1 saturated heterocycles. The Kier molecular flexibility index (Phi) is 4.56. The highest BCUT2D eigenvalue weighted by Crippen LogP contribution is 2.20. The third-order valence-electron chi connectivity index (χ3n) is 4.37. The number of hydrogen-bond donors (Lipinski definition) is 0. The summed E-state index contributed by atoms with van der Waals surface area (Å²) in [5.74, 6) is 1.28. The van der Waals surface area contributed by atoms with Crippen molar-refractivity contribution in [2.45, 2.75) is 51.7 Å². The van der Waals surface area contributed by atoms with Crippen molar-refractivity contribution in [2.75, 3.05) is 6.54 Å². The highest BCUT2D eigenvalue weighted by molar-refractivity contribution is 5.76. The molecule has 0 N–H and O–H groups in total. The predicted molar refractivity (Wildman–Crippen MR) is 83.2 cm³/mol. The van der Waals surface area contributed by atoms with Crippen LogP contribution >= 0.6 is 0 Å². The van der Waals surface area contributed by atoms with Crippen LogP contribution in [0, 0.1) is 6.92 Å². The fourth-order valence-electron chi connectivity index (χ4n) is 3.16. The number of aromatic nitrogens is 4. The molecule has 3 heterocycles. The van der Waals surface area contributed by atoms with Gasteiger partial charge in [0, 0.05) is 44.3 Å². The van der Waals surface area contributed by atoms with Crippen molar-refractivity contribution in [1.29, 1.82) is 0 Å². The molecule has 0 unspecified atom stereocenters. The Morgan fingerprint density at radius 2 is 2.27 bits per heavy atom. The van der Waals surface area contributed by atoms with Crippen LogP contribution in [-0.2, 0) is 17.9 Å². The average Bonchev–Trinajstić information content (AvgIpc) is 3.23. The second-order valence-corrected chi connectivity index (χ2v) is 5.88. The Morgan fingerprint density at radius 1 is 1.36 bits per heavy atom. The highest BCUT2D eigenvalue weighted by Gasteiger charge is 2.28. The second kappa shape index (κ2) is 6.77. The summed E-state index contributed by atoms with van der Waals surface area (Å²) in [6.45, 7) is 4.53. The first kappa shape index (κ1) is 14.8. The number of amides is 1. The van der Waals surface area contributed by atoms with Crippen LogP contribution in [0.25, 0.3) is 0 Å². The molecule has 0 aliphatic carbocycles. The number of imidazole rings is 1. The maximum atomic E-state index is 12.5. The van der Waals surface area contributed by atoms with Crippen molar-refractivity contribution in [2.24, 2.45) is 0 Å². The van der Waals surface area contributed by atoms with Gasteiger partial charge in [0.05, 0.1) is 12.6 Å². The van der Waals surface area contributed by atoms with E-state index in [1.807, 2.05) is 35.0 Å². The Hall–Kier alpha value is -2.11. The van der Waals surface area contributed by atoms with Crippen LogP contribution in [0.5, 0.6) is 0 Å². The smallest absolute Gasteiger partial charge is 0.222 e. The molecule has 118 valence electrons. The van der Waals surface area contributed by atoms with E-state index in [1.54, 1.807) is 12.4 Å². The van der Waals surface area contributed by atoms with Crippen molar-refractivity contribution in [3.63, 3.8) is 0 Å². The summed E-state index contributed by atoms with van der Waals surface area (Å²) in [6, 6.07) is 2.22. The van der Waals surface area contributed by atoms with Gasteiger partial charge in [-0.25, -0.2) is 4.98 Å². The number of nitrogens with zero attached hydrogens (tertiary/aromatic N) is 5. The van der Waals surface area contributed by atoms with E-state index >= 15 is 0 Å². The highest BCUT2D eigenvalue weighted by atomic mass is 16.2. The lowest BCUT2D eigenvalue weighted by molar-refractivity contribution is -0.132. The second-order valence-electron chi connectivity index (χ2n) is 5.88. The molecule has 0 aromatic carbocycles. The zero-order valence-electron chi connectivity index (χ0n) is 13.1. The van der Waals surface area contributed by atoms with E-state index < -0.39 is 0 Å². The molecule has 1 aliphatic heterocycles. The predicted octanol–water partition coefficient (Wildman–Crippen LogP) is 1.86. The van der Waals surface area contributed by atoms with Gasteiger partial charge in [-0.05, 0) is 32.3 Å². The Balaban J connectivity index is 1.49. The van der Waals surface area contributed by atoms with Crippen LogP contribution in [0.15, 0.2) is 30.9 Å². The molecular weight excluding hydrogens is 278 g/mol. The maximum Gasteiger partial charge on any atom is 0.222 e. The van der Waals surface area contributed by atoms with Gasteiger partial charge in [0.1, 0.15) is 5.82 Å². The Morgan fingerprint density at radius 3 is 3.00 bits per heavy atom. The number of rotatable bonds is 6. The fraction of sp³-hybridized carbons (Fsp3) is 0.562. The molecule has 1 aliphatic rings. The van der Waals surface area contributed by atoms with E-state index in [0.29, 0.717) is 12.5 Å². The van der Waals surface area contributed by atoms with Gasteiger partial charge in [0.25, 0.3) is 0 Å².